The lowest BCUT2D eigenvalue weighted by molar-refractivity contribution is 0.0642. The summed E-state index contributed by atoms with van der Waals surface area (Å²) in [5.41, 5.74) is 2.79. The van der Waals surface area contributed by atoms with Crippen LogP contribution in [0.25, 0.3) is 0 Å². The van der Waals surface area contributed by atoms with Crippen LogP contribution in [0.15, 0.2) is 54.6 Å². The molecule has 0 saturated carbocycles. The van der Waals surface area contributed by atoms with Gasteiger partial charge in [0.25, 0.3) is 17.7 Å². The van der Waals surface area contributed by atoms with Crippen molar-refractivity contribution in [3.63, 3.8) is 0 Å². The lowest BCUT2D eigenvalue weighted by Gasteiger charge is -2.14. The van der Waals surface area contributed by atoms with Gasteiger partial charge in [0.15, 0.2) is 0 Å². The Kier molecular flexibility index (Phi) is 4.75. The highest BCUT2D eigenvalue weighted by molar-refractivity contribution is 7.18. The van der Waals surface area contributed by atoms with Gasteiger partial charge < -0.3 is 5.32 Å². The van der Waals surface area contributed by atoms with E-state index >= 15 is 0 Å². The largest absolute Gasteiger partial charge is 0.321 e. The van der Waals surface area contributed by atoms with E-state index in [0.29, 0.717) is 20.5 Å². The predicted octanol–water partition coefficient (Wildman–Crippen LogP) is 4.76. The lowest BCUT2D eigenvalue weighted by atomic mass is 10.1. The monoisotopic (exact) mass is 410 g/mol. The van der Waals surface area contributed by atoms with Crippen LogP contribution in [0.1, 0.15) is 41.5 Å². The number of thiophene rings is 1. The van der Waals surface area contributed by atoms with Gasteiger partial charge in [-0.2, -0.15) is 0 Å². The fourth-order valence-corrected chi connectivity index (χ4v) is 4.02. The molecule has 1 N–H and O–H groups in total. The van der Waals surface area contributed by atoms with Gasteiger partial charge in [0.05, 0.1) is 32.6 Å². The van der Waals surface area contributed by atoms with E-state index in [4.69, 9.17) is 11.6 Å². The molecular formula is C21H15ClN2O3S. The summed E-state index contributed by atoms with van der Waals surface area (Å²) in [6.45, 7) is 2.15. The Hall–Kier alpha value is -2.96. The van der Waals surface area contributed by atoms with Gasteiger partial charge in [-0.25, -0.2) is 0 Å². The van der Waals surface area contributed by atoms with Crippen molar-refractivity contribution in [1.29, 1.82) is 0 Å². The first-order valence-electron chi connectivity index (χ1n) is 8.55. The van der Waals surface area contributed by atoms with Crippen molar-refractivity contribution >= 4 is 46.3 Å². The number of nitrogens with one attached hydrogen (secondary N) is 1. The molecule has 3 aromatic rings. The van der Waals surface area contributed by atoms with Crippen LogP contribution in [-0.2, 0) is 6.54 Å². The molecule has 3 amide bonds. The van der Waals surface area contributed by atoms with Gasteiger partial charge in [-0.05, 0) is 36.8 Å². The topological polar surface area (TPSA) is 66.5 Å². The zero-order valence-corrected chi connectivity index (χ0v) is 16.4. The Labute approximate surface area is 170 Å². The Bertz CT molecular complexity index is 1110. The SMILES string of the molecule is Cc1ccc(CN2C(=O)c3cccc(NC(=O)c4ccc(Cl)s4)c3C2=O)cc1. The highest BCUT2D eigenvalue weighted by atomic mass is 35.5. The van der Waals surface area contributed by atoms with Crippen LogP contribution < -0.4 is 5.32 Å². The van der Waals surface area contributed by atoms with E-state index in [9.17, 15) is 14.4 Å². The molecule has 0 unspecified atom stereocenters. The second-order valence-corrected chi connectivity index (χ2v) is 8.18. The van der Waals surface area contributed by atoms with Crippen LogP contribution in [0.5, 0.6) is 0 Å². The van der Waals surface area contributed by atoms with Gasteiger partial charge >= 0.3 is 0 Å². The summed E-state index contributed by atoms with van der Waals surface area (Å²) in [5.74, 6) is -1.15. The molecule has 1 aliphatic rings. The average Bonchev–Trinajstić information content (AvgIpc) is 3.21. The lowest BCUT2D eigenvalue weighted by Crippen LogP contribution is -2.29. The van der Waals surface area contributed by atoms with Gasteiger partial charge in [0.2, 0.25) is 0 Å². The minimum Gasteiger partial charge on any atom is -0.321 e. The molecule has 28 heavy (non-hydrogen) atoms. The molecule has 0 spiro atoms. The van der Waals surface area contributed by atoms with E-state index < -0.39 is 5.91 Å². The first kappa shape index (κ1) is 18.4. The predicted molar refractivity (Wildman–Crippen MR) is 109 cm³/mol. The molecule has 5 nitrogen and oxygen atoms in total. The maximum Gasteiger partial charge on any atom is 0.265 e. The molecule has 0 aliphatic carbocycles. The van der Waals surface area contributed by atoms with Crippen molar-refractivity contribution in [3.8, 4) is 0 Å². The number of halogens is 1. The van der Waals surface area contributed by atoms with E-state index in [1.54, 1.807) is 30.3 Å². The van der Waals surface area contributed by atoms with Crippen molar-refractivity contribution in [2.75, 3.05) is 5.32 Å². The zero-order valence-electron chi connectivity index (χ0n) is 14.9. The Morgan fingerprint density at radius 3 is 2.46 bits per heavy atom. The Balaban J connectivity index is 1.62. The van der Waals surface area contributed by atoms with Crippen molar-refractivity contribution in [2.45, 2.75) is 13.5 Å². The maximum atomic E-state index is 13.0. The third kappa shape index (κ3) is 3.32. The van der Waals surface area contributed by atoms with E-state index in [1.807, 2.05) is 31.2 Å². The molecule has 0 radical (unpaired) electrons. The number of anilines is 1. The number of carbonyl (C=O) groups is 3. The molecule has 0 fully saturated rings. The number of benzene rings is 2. The van der Waals surface area contributed by atoms with Gasteiger partial charge in [-0.1, -0.05) is 47.5 Å². The zero-order chi connectivity index (χ0) is 19.8. The number of imide groups is 1. The van der Waals surface area contributed by atoms with Crippen molar-refractivity contribution in [2.24, 2.45) is 0 Å². The van der Waals surface area contributed by atoms with Crippen LogP contribution in [0.2, 0.25) is 4.34 Å². The van der Waals surface area contributed by atoms with E-state index in [1.165, 1.54) is 4.90 Å². The number of amides is 3. The summed E-state index contributed by atoms with van der Waals surface area (Å²) in [5, 5.41) is 2.73. The summed E-state index contributed by atoms with van der Waals surface area (Å²) in [6, 6.07) is 15.8. The van der Waals surface area contributed by atoms with Crippen LogP contribution in [0, 0.1) is 6.92 Å². The fraction of sp³-hybridized carbons (Fsp3) is 0.0952. The minimum absolute atomic E-state index is 0.181. The average molecular weight is 411 g/mol. The molecule has 0 atom stereocenters. The number of hydrogen-bond acceptors (Lipinski definition) is 4. The molecule has 1 aliphatic heterocycles. The second kappa shape index (κ2) is 7.22. The number of aryl methyl sites for hydroxylation is 1. The molecule has 4 rings (SSSR count). The van der Waals surface area contributed by atoms with Crippen LogP contribution >= 0.6 is 22.9 Å². The molecule has 0 saturated heterocycles. The number of carbonyl (C=O) groups excluding carboxylic acids is 3. The van der Waals surface area contributed by atoms with E-state index in [0.717, 1.165) is 22.5 Å². The van der Waals surface area contributed by atoms with Crippen LogP contribution in [-0.4, -0.2) is 22.6 Å². The standard InChI is InChI=1S/C21H15ClN2O3S/c1-12-5-7-13(8-6-12)11-24-20(26)14-3-2-4-15(18(14)21(24)27)23-19(25)16-9-10-17(22)28-16/h2-10H,11H2,1H3,(H,23,25). The van der Waals surface area contributed by atoms with Gasteiger partial charge in [-0.3, -0.25) is 19.3 Å². The number of fused-ring (bicyclic) bond motifs is 1. The highest BCUT2D eigenvalue weighted by Crippen LogP contribution is 2.31. The maximum absolute atomic E-state index is 13.0. The van der Waals surface area contributed by atoms with Crippen LogP contribution in [0.4, 0.5) is 5.69 Å². The fourth-order valence-electron chi connectivity index (χ4n) is 3.08. The Morgan fingerprint density at radius 1 is 1.04 bits per heavy atom. The van der Waals surface area contributed by atoms with Crippen molar-refractivity contribution in [1.82, 2.24) is 4.90 Å². The summed E-state index contributed by atoms with van der Waals surface area (Å²) in [7, 11) is 0. The molecule has 2 aromatic carbocycles. The van der Waals surface area contributed by atoms with Gasteiger partial charge in [0.1, 0.15) is 0 Å². The minimum atomic E-state index is -0.416. The molecule has 1 aromatic heterocycles. The third-order valence-corrected chi connectivity index (χ3v) is 5.74. The van der Waals surface area contributed by atoms with E-state index in [2.05, 4.69) is 5.32 Å². The smallest absolute Gasteiger partial charge is 0.265 e. The summed E-state index contributed by atoms with van der Waals surface area (Å²) >= 11 is 7.03. The number of hydrogen-bond donors (Lipinski definition) is 1. The molecule has 7 heteroatoms. The van der Waals surface area contributed by atoms with Crippen molar-refractivity contribution in [3.05, 3.63) is 86.1 Å². The van der Waals surface area contributed by atoms with Gasteiger partial charge in [-0.15, -0.1) is 11.3 Å². The summed E-state index contributed by atoms with van der Waals surface area (Å²) in [4.78, 5) is 39.8. The summed E-state index contributed by atoms with van der Waals surface area (Å²) < 4.78 is 0.499. The highest BCUT2D eigenvalue weighted by Gasteiger charge is 2.37. The molecule has 2 heterocycles. The quantitative estimate of drug-likeness (QED) is 0.630. The van der Waals surface area contributed by atoms with Gasteiger partial charge in [0, 0.05) is 0 Å². The normalized spacial score (nSPS) is 13.0. The first-order valence-corrected chi connectivity index (χ1v) is 9.75. The molecular weight excluding hydrogens is 396 g/mol. The third-order valence-electron chi connectivity index (χ3n) is 4.51. The Morgan fingerprint density at radius 2 is 1.79 bits per heavy atom. The number of nitrogens with zero attached hydrogens (tertiary/aromatic N) is 1. The van der Waals surface area contributed by atoms with Crippen LogP contribution in [0.3, 0.4) is 0 Å². The summed E-state index contributed by atoms with van der Waals surface area (Å²) in [6.07, 6.45) is 0. The van der Waals surface area contributed by atoms with E-state index in [-0.39, 0.29) is 23.9 Å². The molecule has 0 bridgehead atoms. The second-order valence-electron chi connectivity index (χ2n) is 6.47. The molecule has 140 valence electrons. The number of rotatable bonds is 4. The van der Waals surface area contributed by atoms with Crippen molar-refractivity contribution < 1.29 is 14.4 Å². The first-order chi connectivity index (χ1) is 13.4.